The molecule has 2 heteroatoms. The molecule has 0 amide bonds. The van der Waals surface area contributed by atoms with Crippen molar-refractivity contribution in [2.24, 2.45) is 11.7 Å². The molecule has 2 atom stereocenters. The van der Waals surface area contributed by atoms with Gasteiger partial charge >= 0.3 is 0 Å². The van der Waals surface area contributed by atoms with E-state index in [-0.39, 0.29) is 6.10 Å². The molecule has 2 nitrogen and oxygen atoms in total. The van der Waals surface area contributed by atoms with Crippen LogP contribution in [0.15, 0.2) is 24.3 Å². The van der Waals surface area contributed by atoms with E-state index in [9.17, 15) is 0 Å². The molecule has 2 unspecified atom stereocenters. The lowest BCUT2D eigenvalue weighted by Crippen LogP contribution is -2.09. The molecular weight excluding hydrogens is 210 g/mol. The summed E-state index contributed by atoms with van der Waals surface area (Å²) in [5.74, 6) is 1.07. The molecule has 0 saturated heterocycles. The van der Waals surface area contributed by atoms with Crippen molar-refractivity contribution in [1.82, 2.24) is 0 Å². The second-order valence-electron chi connectivity index (χ2n) is 5.16. The van der Waals surface area contributed by atoms with Gasteiger partial charge in [-0.15, -0.1) is 0 Å². The lowest BCUT2D eigenvalue weighted by molar-refractivity contribution is 0.0845. The lowest BCUT2D eigenvalue weighted by atomic mass is 9.95. The van der Waals surface area contributed by atoms with Crippen LogP contribution in [0.5, 0.6) is 0 Å². The summed E-state index contributed by atoms with van der Waals surface area (Å²) in [5, 5.41) is 0. The fourth-order valence-electron chi connectivity index (χ4n) is 1.97. The Morgan fingerprint density at radius 2 is 1.59 bits per heavy atom. The fourth-order valence-corrected chi connectivity index (χ4v) is 1.97. The van der Waals surface area contributed by atoms with E-state index in [1.807, 2.05) is 0 Å². The van der Waals surface area contributed by atoms with Gasteiger partial charge < -0.3 is 10.5 Å². The van der Waals surface area contributed by atoms with Gasteiger partial charge in [0.15, 0.2) is 0 Å². The van der Waals surface area contributed by atoms with Gasteiger partial charge in [0, 0.05) is 7.11 Å². The molecule has 0 fully saturated rings. The first-order valence-corrected chi connectivity index (χ1v) is 6.41. The SMILES string of the molecule is COC(CC(C)C)c1ccc(C(C)CN)cc1. The summed E-state index contributed by atoms with van der Waals surface area (Å²) in [6, 6.07) is 8.66. The average molecular weight is 235 g/mol. The van der Waals surface area contributed by atoms with Crippen LogP contribution in [0.25, 0.3) is 0 Å². The molecule has 0 aromatic heterocycles. The Balaban J connectivity index is 2.77. The van der Waals surface area contributed by atoms with Gasteiger partial charge in [-0.1, -0.05) is 45.0 Å². The molecule has 0 spiro atoms. The maximum atomic E-state index is 5.67. The Kier molecular flexibility index (Phi) is 5.66. The van der Waals surface area contributed by atoms with Crippen molar-refractivity contribution in [3.8, 4) is 0 Å². The van der Waals surface area contributed by atoms with Crippen molar-refractivity contribution in [3.05, 3.63) is 35.4 Å². The number of benzene rings is 1. The summed E-state index contributed by atoms with van der Waals surface area (Å²) in [6.45, 7) is 7.28. The van der Waals surface area contributed by atoms with E-state index >= 15 is 0 Å². The topological polar surface area (TPSA) is 35.2 Å². The minimum absolute atomic E-state index is 0.206. The van der Waals surface area contributed by atoms with Crippen LogP contribution in [-0.4, -0.2) is 13.7 Å². The Labute approximate surface area is 105 Å². The predicted octanol–water partition coefficient (Wildman–Crippen LogP) is 3.48. The molecule has 0 aliphatic carbocycles. The molecule has 0 radical (unpaired) electrons. The molecule has 0 bridgehead atoms. The van der Waals surface area contributed by atoms with Gasteiger partial charge in [0.1, 0.15) is 0 Å². The summed E-state index contributed by atoms with van der Waals surface area (Å²) in [6.07, 6.45) is 1.26. The van der Waals surface area contributed by atoms with Crippen molar-refractivity contribution in [3.63, 3.8) is 0 Å². The minimum Gasteiger partial charge on any atom is -0.377 e. The third-order valence-corrected chi connectivity index (χ3v) is 3.20. The second-order valence-corrected chi connectivity index (χ2v) is 5.16. The molecular formula is C15H25NO. The maximum Gasteiger partial charge on any atom is 0.0823 e. The molecule has 96 valence electrons. The highest BCUT2D eigenvalue weighted by molar-refractivity contribution is 5.26. The van der Waals surface area contributed by atoms with E-state index < -0.39 is 0 Å². The van der Waals surface area contributed by atoms with E-state index in [0.29, 0.717) is 18.4 Å². The van der Waals surface area contributed by atoms with E-state index in [2.05, 4.69) is 45.0 Å². The first-order valence-electron chi connectivity index (χ1n) is 6.41. The van der Waals surface area contributed by atoms with Gasteiger partial charge in [-0.05, 0) is 35.9 Å². The molecule has 2 N–H and O–H groups in total. The summed E-state index contributed by atoms with van der Waals surface area (Å²) >= 11 is 0. The van der Waals surface area contributed by atoms with Crippen molar-refractivity contribution < 1.29 is 4.74 Å². The normalized spacial score (nSPS) is 14.9. The van der Waals surface area contributed by atoms with Crippen LogP contribution in [0.1, 0.15) is 50.3 Å². The van der Waals surface area contributed by atoms with Crippen molar-refractivity contribution in [2.75, 3.05) is 13.7 Å². The van der Waals surface area contributed by atoms with Gasteiger partial charge in [-0.25, -0.2) is 0 Å². The summed E-state index contributed by atoms with van der Waals surface area (Å²) in [5.41, 5.74) is 8.23. The zero-order chi connectivity index (χ0) is 12.8. The second kappa shape index (κ2) is 6.77. The molecule has 17 heavy (non-hydrogen) atoms. The zero-order valence-electron chi connectivity index (χ0n) is 11.4. The number of hydrogen-bond acceptors (Lipinski definition) is 2. The first kappa shape index (κ1) is 14.2. The maximum absolute atomic E-state index is 5.67. The Morgan fingerprint density at radius 3 is 2.00 bits per heavy atom. The van der Waals surface area contributed by atoms with Crippen LogP contribution in [0.4, 0.5) is 0 Å². The third-order valence-electron chi connectivity index (χ3n) is 3.20. The van der Waals surface area contributed by atoms with Crippen molar-refractivity contribution in [1.29, 1.82) is 0 Å². The summed E-state index contributed by atoms with van der Waals surface area (Å²) in [7, 11) is 1.78. The van der Waals surface area contributed by atoms with E-state index in [1.54, 1.807) is 7.11 Å². The number of ether oxygens (including phenoxy) is 1. The van der Waals surface area contributed by atoms with E-state index in [1.165, 1.54) is 11.1 Å². The summed E-state index contributed by atoms with van der Waals surface area (Å²) in [4.78, 5) is 0. The number of hydrogen-bond donors (Lipinski definition) is 1. The number of nitrogens with two attached hydrogens (primary N) is 1. The molecule has 0 heterocycles. The van der Waals surface area contributed by atoms with Gasteiger partial charge in [0.2, 0.25) is 0 Å². The van der Waals surface area contributed by atoms with E-state index in [4.69, 9.17) is 10.5 Å². The summed E-state index contributed by atoms with van der Waals surface area (Å²) < 4.78 is 5.55. The van der Waals surface area contributed by atoms with Crippen LogP contribution in [0, 0.1) is 5.92 Å². The highest BCUT2D eigenvalue weighted by Gasteiger charge is 2.12. The Bertz CT molecular complexity index is 318. The lowest BCUT2D eigenvalue weighted by Gasteiger charge is -2.19. The Hall–Kier alpha value is -0.860. The number of methoxy groups -OCH3 is 1. The largest absolute Gasteiger partial charge is 0.377 e. The van der Waals surface area contributed by atoms with Gasteiger partial charge in [-0.2, -0.15) is 0 Å². The van der Waals surface area contributed by atoms with Crippen LogP contribution >= 0.6 is 0 Å². The molecule has 0 aliphatic heterocycles. The first-order chi connectivity index (χ1) is 8.08. The standard InChI is InChI=1S/C15H25NO/c1-11(2)9-15(17-4)14-7-5-13(6-8-14)12(3)10-16/h5-8,11-12,15H,9-10,16H2,1-4H3. The molecule has 1 rings (SSSR count). The highest BCUT2D eigenvalue weighted by Crippen LogP contribution is 2.25. The van der Waals surface area contributed by atoms with Crippen LogP contribution in [0.2, 0.25) is 0 Å². The van der Waals surface area contributed by atoms with Crippen LogP contribution in [0.3, 0.4) is 0 Å². The molecule has 1 aromatic carbocycles. The van der Waals surface area contributed by atoms with Crippen LogP contribution in [-0.2, 0) is 4.74 Å². The third kappa shape index (κ3) is 4.14. The quantitative estimate of drug-likeness (QED) is 0.819. The minimum atomic E-state index is 0.206. The predicted molar refractivity (Wildman–Crippen MR) is 73.1 cm³/mol. The molecule has 0 aliphatic rings. The highest BCUT2D eigenvalue weighted by atomic mass is 16.5. The van der Waals surface area contributed by atoms with Gasteiger partial charge in [0.25, 0.3) is 0 Å². The van der Waals surface area contributed by atoms with Crippen molar-refractivity contribution >= 4 is 0 Å². The van der Waals surface area contributed by atoms with Crippen LogP contribution < -0.4 is 5.73 Å². The Morgan fingerprint density at radius 1 is 1.06 bits per heavy atom. The van der Waals surface area contributed by atoms with Gasteiger partial charge in [-0.3, -0.25) is 0 Å². The fraction of sp³-hybridized carbons (Fsp3) is 0.600. The number of rotatable bonds is 6. The van der Waals surface area contributed by atoms with Gasteiger partial charge in [0.05, 0.1) is 6.10 Å². The smallest absolute Gasteiger partial charge is 0.0823 e. The monoisotopic (exact) mass is 235 g/mol. The zero-order valence-corrected chi connectivity index (χ0v) is 11.4. The molecule has 0 saturated carbocycles. The van der Waals surface area contributed by atoms with E-state index in [0.717, 1.165) is 6.42 Å². The average Bonchev–Trinajstić information content (AvgIpc) is 2.35. The molecule has 1 aromatic rings. The van der Waals surface area contributed by atoms with Crippen molar-refractivity contribution in [2.45, 2.75) is 39.2 Å².